The van der Waals surface area contributed by atoms with Crippen molar-refractivity contribution in [2.24, 2.45) is 23.2 Å². The van der Waals surface area contributed by atoms with Gasteiger partial charge in [0, 0.05) is 36.7 Å². The van der Waals surface area contributed by atoms with Crippen LogP contribution in [-0.4, -0.2) is 59.5 Å². The number of likely N-dealkylation sites (tertiary alicyclic amines) is 2. The second-order valence-electron chi connectivity index (χ2n) is 12.9. The van der Waals surface area contributed by atoms with Crippen LogP contribution in [-0.2, 0) is 11.8 Å². The van der Waals surface area contributed by atoms with Gasteiger partial charge >= 0.3 is 0 Å². The number of aryl methyl sites for hydroxylation is 1. The molecule has 1 N–H and O–H groups in total. The minimum atomic E-state index is -0.213. The smallest absolute Gasteiger partial charge is 0.270 e. The van der Waals surface area contributed by atoms with Gasteiger partial charge in [-0.3, -0.25) is 14.5 Å². The van der Waals surface area contributed by atoms with Gasteiger partial charge in [0.25, 0.3) is 5.91 Å². The fourth-order valence-corrected chi connectivity index (χ4v) is 9.84. The molecule has 6 heteroatoms. The van der Waals surface area contributed by atoms with E-state index >= 15 is 0 Å². The van der Waals surface area contributed by atoms with Crippen molar-refractivity contribution in [3.8, 4) is 5.75 Å². The average Bonchev–Trinajstić information content (AvgIpc) is 3.64. The normalized spacial score (nSPS) is 35.8. The molecule has 2 saturated heterocycles. The number of pyridine rings is 1. The maximum Gasteiger partial charge on any atom is 0.270 e. The zero-order valence-corrected chi connectivity index (χ0v) is 23.0. The molecule has 1 aromatic carbocycles. The number of hydrogen-bond donors (Lipinski definition) is 1. The van der Waals surface area contributed by atoms with Gasteiger partial charge in [0.05, 0.1) is 7.11 Å². The Kier molecular flexibility index (Phi) is 5.60. The molecule has 5 fully saturated rings. The third kappa shape index (κ3) is 3.28. The number of carbonyl (C=O) groups is 1. The van der Waals surface area contributed by atoms with Crippen LogP contribution >= 0.6 is 0 Å². The number of nitrogens with zero attached hydrogens (tertiary/aromatic N) is 2. The third-order valence-electron chi connectivity index (χ3n) is 11.5. The molecule has 7 rings (SSSR count). The number of nitrogens with one attached hydrogen (secondary N) is 1. The van der Waals surface area contributed by atoms with Crippen LogP contribution in [0.2, 0.25) is 0 Å². The molecule has 5 aliphatic rings. The van der Waals surface area contributed by atoms with E-state index in [1.165, 1.54) is 43.0 Å². The van der Waals surface area contributed by atoms with Crippen molar-refractivity contribution in [1.29, 1.82) is 0 Å². The number of carbonyl (C=O) groups excluding carboxylic acids is 1. The summed E-state index contributed by atoms with van der Waals surface area (Å²) in [6.45, 7) is 8.00. The Labute approximate surface area is 225 Å². The number of aromatic nitrogens is 1. The highest BCUT2D eigenvalue weighted by Gasteiger charge is 2.74. The first-order valence-electron chi connectivity index (χ1n) is 14.8. The van der Waals surface area contributed by atoms with Gasteiger partial charge in [-0.15, -0.1) is 0 Å². The summed E-state index contributed by atoms with van der Waals surface area (Å²) in [7, 11) is 1.78. The van der Waals surface area contributed by atoms with Crippen molar-refractivity contribution in [2.75, 3.05) is 26.7 Å². The minimum Gasteiger partial charge on any atom is -0.497 e. The van der Waals surface area contributed by atoms with Gasteiger partial charge in [-0.2, -0.15) is 0 Å². The van der Waals surface area contributed by atoms with Gasteiger partial charge in [0.2, 0.25) is 5.56 Å². The molecule has 38 heavy (non-hydrogen) atoms. The molecule has 3 aliphatic carbocycles. The van der Waals surface area contributed by atoms with Gasteiger partial charge in [0.15, 0.2) is 0 Å². The van der Waals surface area contributed by atoms with Crippen LogP contribution in [0.15, 0.2) is 41.2 Å². The van der Waals surface area contributed by atoms with Crippen LogP contribution in [0.4, 0.5) is 0 Å². The van der Waals surface area contributed by atoms with Gasteiger partial charge in [-0.05, 0) is 111 Å². The lowest BCUT2D eigenvalue weighted by molar-refractivity contribution is -0.0870. The molecule has 6 nitrogen and oxygen atoms in total. The Bertz CT molecular complexity index is 1320. The predicted molar refractivity (Wildman–Crippen MR) is 148 cm³/mol. The van der Waals surface area contributed by atoms with E-state index in [2.05, 4.69) is 46.8 Å². The first-order valence-corrected chi connectivity index (χ1v) is 14.8. The average molecular weight is 516 g/mol. The molecule has 202 valence electrons. The summed E-state index contributed by atoms with van der Waals surface area (Å²) in [4.78, 5) is 33.6. The molecule has 3 heterocycles. The lowest BCUT2D eigenvalue weighted by atomic mass is 9.46. The Morgan fingerprint density at radius 2 is 2.00 bits per heavy atom. The van der Waals surface area contributed by atoms with Crippen LogP contribution in [0.3, 0.4) is 0 Å². The van der Waals surface area contributed by atoms with E-state index in [-0.39, 0.29) is 28.3 Å². The van der Waals surface area contributed by atoms with Crippen LogP contribution in [0.5, 0.6) is 5.75 Å². The molecule has 2 bridgehead atoms. The quantitative estimate of drug-likeness (QED) is 0.609. The van der Waals surface area contributed by atoms with Crippen molar-refractivity contribution in [1.82, 2.24) is 14.8 Å². The molecule has 1 amide bonds. The molecule has 3 saturated carbocycles. The fourth-order valence-electron chi connectivity index (χ4n) is 9.84. The van der Waals surface area contributed by atoms with Crippen LogP contribution in [0, 0.1) is 23.2 Å². The monoisotopic (exact) mass is 515 g/mol. The lowest BCUT2D eigenvalue weighted by Crippen LogP contribution is -2.66. The Morgan fingerprint density at radius 1 is 1.16 bits per heavy atom. The molecule has 2 aliphatic heterocycles. The largest absolute Gasteiger partial charge is 0.497 e. The van der Waals surface area contributed by atoms with E-state index in [1.807, 2.05) is 0 Å². The Balaban J connectivity index is 1.35. The fraction of sp³-hybridized carbons (Fsp3) is 0.625. The SMILES string of the molecule is CCc1ccc(OC)cc1C12CCN(CC3CC3)C(C)C13CCC1C2[C@@H](CN1C(=O)c1cccc(=O)[nH]1)C3. The Hall–Kier alpha value is -2.60. The van der Waals surface area contributed by atoms with Crippen molar-refractivity contribution in [3.05, 3.63) is 63.6 Å². The number of aromatic amines is 1. The predicted octanol–water partition coefficient (Wildman–Crippen LogP) is 4.63. The van der Waals surface area contributed by atoms with Crippen molar-refractivity contribution in [3.63, 3.8) is 0 Å². The molecule has 2 aromatic rings. The van der Waals surface area contributed by atoms with E-state index in [0.29, 0.717) is 23.6 Å². The zero-order chi connectivity index (χ0) is 26.2. The Morgan fingerprint density at radius 3 is 2.74 bits per heavy atom. The number of hydrogen-bond acceptors (Lipinski definition) is 4. The zero-order valence-electron chi connectivity index (χ0n) is 23.0. The number of ether oxygens (including phenoxy) is 1. The topological polar surface area (TPSA) is 65.6 Å². The summed E-state index contributed by atoms with van der Waals surface area (Å²) in [5.41, 5.74) is 3.41. The minimum absolute atomic E-state index is 0.00896. The second kappa shape index (κ2) is 8.70. The van der Waals surface area contributed by atoms with Crippen LogP contribution < -0.4 is 10.3 Å². The highest BCUT2D eigenvalue weighted by molar-refractivity contribution is 5.92. The van der Waals surface area contributed by atoms with E-state index in [0.717, 1.165) is 50.4 Å². The van der Waals surface area contributed by atoms with Crippen LogP contribution in [0.1, 0.15) is 74.0 Å². The first-order chi connectivity index (χ1) is 18.4. The molecule has 0 radical (unpaired) electrons. The van der Waals surface area contributed by atoms with Gasteiger partial charge in [-0.25, -0.2) is 0 Å². The first kappa shape index (κ1) is 24.4. The van der Waals surface area contributed by atoms with Gasteiger partial charge in [-0.1, -0.05) is 19.1 Å². The third-order valence-corrected chi connectivity index (χ3v) is 11.5. The number of methoxy groups -OCH3 is 1. The summed E-state index contributed by atoms with van der Waals surface area (Å²) in [6.07, 6.45) is 8.35. The number of H-pyrrole nitrogens is 1. The standard InChI is InChI=1S/C32H41N3O3/c1-4-22-10-11-24(38-3)16-25(22)32-14-15-34(18-21-8-9-21)20(2)31(32)13-12-27-29(32)23(17-31)19-35(27)30(37)26-6-5-7-28(36)33-26/h5-7,10-11,16,20-21,23,27,29H,4,8-9,12-15,17-19H2,1-3H3,(H,33,36)/t20?,23-,27?,29?,31?,32?/m1/s1. The molecule has 0 spiro atoms. The summed E-state index contributed by atoms with van der Waals surface area (Å²) in [5.74, 6) is 2.76. The van der Waals surface area contributed by atoms with E-state index in [9.17, 15) is 9.59 Å². The highest BCUT2D eigenvalue weighted by atomic mass is 16.5. The maximum atomic E-state index is 13.8. The maximum absolute atomic E-state index is 13.8. The van der Waals surface area contributed by atoms with Crippen LogP contribution in [0.25, 0.3) is 0 Å². The van der Waals surface area contributed by atoms with E-state index in [4.69, 9.17) is 4.74 Å². The molecule has 1 aromatic heterocycles. The lowest BCUT2D eigenvalue weighted by Gasteiger charge is -2.63. The van der Waals surface area contributed by atoms with E-state index < -0.39 is 0 Å². The summed E-state index contributed by atoms with van der Waals surface area (Å²) in [6, 6.07) is 12.5. The summed E-state index contributed by atoms with van der Waals surface area (Å²) in [5, 5.41) is 0. The van der Waals surface area contributed by atoms with Crippen molar-refractivity contribution in [2.45, 2.75) is 76.3 Å². The molecular formula is C32H41N3O3. The molecular weight excluding hydrogens is 474 g/mol. The number of piperidine rings is 1. The van der Waals surface area contributed by atoms with Crippen molar-refractivity contribution >= 4 is 5.91 Å². The van der Waals surface area contributed by atoms with Gasteiger partial charge < -0.3 is 14.6 Å². The summed E-state index contributed by atoms with van der Waals surface area (Å²) < 4.78 is 5.81. The molecule has 6 atom stereocenters. The van der Waals surface area contributed by atoms with Crippen molar-refractivity contribution < 1.29 is 9.53 Å². The summed E-state index contributed by atoms with van der Waals surface area (Å²) >= 11 is 0. The van der Waals surface area contributed by atoms with E-state index in [1.54, 1.807) is 19.2 Å². The number of rotatable bonds is 6. The number of amides is 1. The molecule has 5 unspecified atom stereocenters. The second-order valence-corrected chi connectivity index (χ2v) is 12.9. The van der Waals surface area contributed by atoms with Gasteiger partial charge in [0.1, 0.15) is 11.4 Å². The number of benzene rings is 1. The highest BCUT2D eigenvalue weighted by Crippen LogP contribution is 2.73.